The molecule has 0 aromatic heterocycles. The van der Waals surface area contributed by atoms with Crippen molar-refractivity contribution in [1.82, 2.24) is 5.32 Å². The quantitative estimate of drug-likeness (QED) is 0.344. The first-order valence-electron chi connectivity index (χ1n) is 2.92. The van der Waals surface area contributed by atoms with Crippen LogP contribution < -0.4 is 5.32 Å². The third-order valence-corrected chi connectivity index (χ3v) is 0.953. The maximum atomic E-state index is 10.2. The van der Waals surface area contributed by atoms with E-state index in [9.17, 15) is 9.59 Å². The van der Waals surface area contributed by atoms with Crippen LogP contribution in [0.15, 0.2) is 12.3 Å². The van der Waals surface area contributed by atoms with Crippen LogP contribution in [0.1, 0.15) is 0 Å². The first-order chi connectivity index (χ1) is 5.22. The fourth-order valence-corrected chi connectivity index (χ4v) is 0.413. The standard InChI is InChI=1S/C6H9NO4/c8-3-1-2-7-5(4-9)6(10)11/h1-3,5,7,9H,4H2,(H,10,11)/b2-1+/t5-/m0/s1. The highest BCUT2D eigenvalue weighted by Crippen LogP contribution is 1.80. The van der Waals surface area contributed by atoms with Crippen LogP contribution in [0.5, 0.6) is 0 Å². The zero-order chi connectivity index (χ0) is 8.69. The molecule has 0 bridgehead atoms. The summed E-state index contributed by atoms with van der Waals surface area (Å²) in [5, 5.41) is 19.1. The van der Waals surface area contributed by atoms with Crippen LogP contribution in [0, 0.1) is 0 Å². The average molecular weight is 159 g/mol. The maximum absolute atomic E-state index is 10.2. The van der Waals surface area contributed by atoms with Gasteiger partial charge in [-0.25, -0.2) is 4.79 Å². The fourth-order valence-electron chi connectivity index (χ4n) is 0.413. The summed E-state index contributed by atoms with van der Waals surface area (Å²) in [6.07, 6.45) is 2.77. The van der Waals surface area contributed by atoms with E-state index < -0.39 is 18.6 Å². The number of aldehydes is 1. The minimum atomic E-state index is -1.16. The molecule has 0 aliphatic carbocycles. The molecule has 0 saturated carbocycles. The molecule has 11 heavy (non-hydrogen) atoms. The lowest BCUT2D eigenvalue weighted by atomic mass is 10.3. The van der Waals surface area contributed by atoms with Crippen molar-refractivity contribution in [2.45, 2.75) is 6.04 Å². The minimum Gasteiger partial charge on any atom is -0.480 e. The Kier molecular flexibility index (Phi) is 4.76. The number of aliphatic hydroxyl groups excluding tert-OH is 1. The van der Waals surface area contributed by atoms with Crippen LogP contribution in [0.25, 0.3) is 0 Å². The molecule has 0 radical (unpaired) electrons. The van der Waals surface area contributed by atoms with Gasteiger partial charge in [-0.15, -0.1) is 0 Å². The Morgan fingerprint density at radius 1 is 1.64 bits per heavy atom. The number of allylic oxidation sites excluding steroid dienone is 1. The number of hydrogen-bond acceptors (Lipinski definition) is 4. The number of carbonyl (C=O) groups excluding carboxylic acids is 1. The molecular formula is C6H9NO4. The first kappa shape index (κ1) is 9.64. The van der Waals surface area contributed by atoms with E-state index in [0.29, 0.717) is 6.29 Å². The van der Waals surface area contributed by atoms with Gasteiger partial charge in [0.1, 0.15) is 12.3 Å². The van der Waals surface area contributed by atoms with Crippen molar-refractivity contribution in [3.63, 3.8) is 0 Å². The molecule has 3 N–H and O–H groups in total. The molecule has 0 fully saturated rings. The predicted molar refractivity (Wildman–Crippen MR) is 36.8 cm³/mol. The molecule has 0 spiro atoms. The summed E-state index contributed by atoms with van der Waals surface area (Å²) in [7, 11) is 0. The number of aliphatic hydroxyl groups is 1. The second-order valence-electron chi connectivity index (χ2n) is 1.74. The Labute approximate surface area is 63.3 Å². The summed E-state index contributed by atoms with van der Waals surface area (Å²) in [6.45, 7) is -0.515. The molecule has 0 aromatic rings. The van der Waals surface area contributed by atoms with Crippen LogP contribution in [-0.2, 0) is 9.59 Å². The summed E-state index contributed by atoms with van der Waals surface area (Å²) in [6, 6.07) is -1.05. The normalized spacial score (nSPS) is 12.8. The molecule has 0 aliphatic heterocycles. The van der Waals surface area contributed by atoms with Crippen molar-refractivity contribution in [1.29, 1.82) is 0 Å². The first-order valence-corrected chi connectivity index (χ1v) is 2.92. The third kappa shape index (κ3) is 4.10. The second kappa shape index (κ2) is 5.43. The van der Waals surface area contributed by atoms with Crippen LogP contribution in [0.4, 0.5) is 0 Å². The Bertz CT molecular complexity index is 166. The molecule has 0 saturated heterocycles. The molecule has 0 rings (SSSR count). The van der Waals surface area contributed by atoms with Crippen molar-refractivity contribution < 1.29 is 19.8 Å². The number of rotatable bonds is 5. The van der Waals surface area contributed by atoms with Gasteiger partial charge in [0.25, 0.3) is 0 Å². The van der Waals surface area contributed by atoms with Crippen LogP contribution >= 0.6 is 0 Å². The van der Waals surface area contributed by atoms with E-state index in [1.54, 1.807) is 0 Å². The summed E-state index contributed by atoms with van der Waals surface area (Å²) < 4.78 is 0. The molecule has 0 amide bonds. The van der Waals surface area contributed by atoms with Gasteiger partial charge in [0.15, 0.2) is 0 Å². The number of hydrogen-bond donors (Lipinski definition) is 3. The van der Waals surface area contributed by atoms with Crippen molar-refractivity contribution >= 4 is 12.3 Å². The van der Waals surface area contributed by atoms with E-state index in [-0.39, 0.29) is 0 Å². The smallest absolute Gasteiger partial charge is 0.328 e. The monoisotopic (exact) mass is 159 g/mol. The van der Waals surface area contributed by atoms with Gasteiger partial charge in [0.05, 0.1) is 6.61 Å². The van der Waals surface area contributed by atoms with Gasteiger partial charge in [-0.3, -0.25) is 4.79 Å². The Balaban J connectivity index is 3.78. The van der Waals surface area contributed by atoms with Crippen molar-refractivity contribution in [2.75, 3.05) is 6.61 Å². The summed E-state index contributed by atoms with van der Waals surface area (Å²) in [4.78, 5) is 19.9. The van der Waals surface area contributed by atoms with Crippen LogP contribution in [0.2, 0.25) is 0 Å². The summed E-state index contributed by atoms with van der Waals surface area (Å²) in [5.41, 5.74) is 0. The van der Waals surface area contributed by atoms with E-state index >= 15 is 0 Å². The SMILES string of the molecule is O=C/C=C/N[C@@H](CO)C(=O)O. The second-order valence-corrected chi connectivity index (χ2v) is 1.74. The Morgan fingerprint density at radius 3 is 2.64 bits per heavy atom. The molecular weight excluding hydrogens is 150 g/mol. The van der Waals surface area contributed by atoms with E-state index in [2.05, 4.69) is 5.32 Å². The predicted octanol–water partition coefficient (Wildman–Crippen LogP) is -1.27. The molecule has 0 aliphatic rings. The molecule has 0 aromatic carbocycles. The minimum absolute atomic E-state index is 0.503. The zero-order valence-corrected chi connectivity index (χ0v) is 5.73. The topological polar surface area (TPSA) is 86.6 Å². The Hall–Kier alpha value is -1.36. The van der Waals surface area contributed by atoms with Gasteiger partial charge < -0.3 is 15.5 Å². The summed E-state index contributed by atoms with van der Waals surface area (Å²) >= 11 is 0. The fraction of sp³-hybridized carbons (Fsp3) is 0.333. The van der Waals surface area contributed by atoms with Gasteiger partial charge in [0, 0.05) is 6.20 Å². The van der Waals surface area contributed by atoms with Crippen molar-refractivity contribution in [2.24, 2.45) is 0 Å². The lowest BCUT2D eigenvalue weighted by molar-refractivity contribution is -0.140. The molecule has 1 atom stereocenters. The molecule has 5 heteroatoms. The number of carboxylic acid groups (broad SMARTS) is 1. The van der Waals surface area contributed by atoms with Gasteiger partial charge >= 0.3 is 5.97 Å². The van der Waals surface area contributed by atoms with Crippen LogP contribution in [-0.4, -0.2) is 35.1 Å². The third-order valence-electron chi connectivity index (χ3n) is 0.953. The van der Waals surface area contributed by atoms with Crippen LogP contribution in [0.3, 0.4) is 0 Å². The highest BCUT2D eigenvalue weighted by molar-refractivity contribution is 5.74. The van der Waals surface area contributed by atoms with Gasteiger partial charge in [0.2, 0.25) is 0 Å². The molecule has 0 unspecified atom stereocenters. The van der Waals surface area contributed by atoms with E-state index in [1.807, 2.05) is 0 Å². The lowest BCUT2D eigenvalue weighted by Crippen LogP contribution is -2.36. The number of carboxylic acids is 1. The molecule has 5 nitrogen and oxygen atoms in total. The zero-order valence-electron chi connectivity index (χ0n) is 5.73. The van der Waals surface area contributed by atoms with E-state index in [4.69, 9.17) is 10.2 Å². The van der Waals surface area contributed by atoms with E-state index in [1.165, 1.54) is 6.20 Å². The van der Waals surface area contributed by atoms with Crippen molar-refractivity contribution in [3.05, 3.63) is 12.3 Å². The van der Waals surface area contributed by atoms with E-state index in [0.717, 1.165) is 6.08 Å². The molecule has 0 heterocycles. The number of aliphatic carboxylic acids is 1. The highest BCUT2D eigenvalue weighted by Gasteiger charge is 2.12. The van der Waals surface area contributed by atoms with Crippen molar-refractivity contribution in [3.8, 4) is 0 Å². The Morgan fingerprint density at radius 2 is 2.27 bits per heavy atom. The molecule has 62 valence electrons. The van der Waals surface area contributed by atoms with Gasteiger partial charge in [-0.2, -0.15) is 0 Å². The lowest BCUT2D eigenvalue weighted by Gasteiger charge is -2.07. The average Bonchev–Trinajstić information content (AvgIpc) is 1.97. The largest absolute Gasteiger partial charge is 0.480 e. The van der Waals surface area contributed by atoms with Gasteiger partial charge in [-0.1, -0.05) is 0 Å². The van der Waals surface area contributed by atoms with Gasteiger partial charge in [-0.05, 0) is 6.08 Å². The number of nitrogens with one attached hydrogen (secondary N) is 1. The maximum Gasteiger partial charge on any atom is 0.328 e. The highest BCUT2D eigenvalue weighted by atomic mass is 16.4. The summed E-state index contributed by atoms with van der Waals surface area (Å²) in [5.74, 6) is -1.16. The number of carbonyl (C=O) groups is 2.